The minimum Gasteiger partial charge on any atom is -0.490 e. The Morgan fingerprint density at radius 1 is 1.19 bits per heavy atom. The fourth-order valence-corrected chi connectivity index (χ4v) is 3.26. The van der Waals surface area contributed by atoms with Crippen molar-refractivity contribution in [1.29, 1.82) is 0 Å². The molecule has 0 fully saturated rings. The topological polar surface area (TPSA) is 82.8 Å². The molecule has 0 radical (unpaired) electrons. The highest BCUT2D eigenvalue weighted by molar-refractivity contribution is 7.15. The molecule has 0 unspecified atom stereocenters. The smallest absolute Gasteiger partial charge is 0.295 e. The highest BCUT2D eigenvalue weighted by Crippen LogP contribution is 2.29. The lowest BCUT2D eigenvalue weighted by Gasteiger charge is -2.11. The first-order chi connectivity index (χ1) is 12.5. The zero-order valence-corrected chi connectivity index (χ0v) is 15.6. The minimum absolute atomic E-state index is 0.194. The van der Waals surface area contributed by atoms with Crippen molar-refractivity contribution in [2.75, 3.05) is 13.2 Å². The average molecular weight is 373 g/mol. The number of rotatable bonds is 6. The summed E-state index contributed by atoms with van der Waals surface area (Å²) in [5, 5.41) is 4.01. The Bertz CT molecular complexity index is 1100. The Balaban J connectivity index is 2.08. The molecule has 0 atom stereocenters. The summed E-state index contributed by atoms with van der Waals surface area (Å²) < 4.78 is 12.9. The number of hydrogen-bond donors (Lipinski definition) is 0. The number of aryl methyl sites for hydroxylation is 1. The van der Waals surface area contributed by atoms with Gasteiger partial charge in [-0.3, -0.25) is 9.59 Å². The first-order valence-corrected chi connectivity index (χ1v) is 9.17. The predicted molar refractivity (Wildman–Crippen MR) is 100 cm³/mol. The lowest BCUT2D eigenvalue weighted by Crippen LogP contribution is -2.27. The van der Waals surface area contributed by atoms with Crippen LogP contribution in [0.4, 0.5) is 0 Å². The maximum absolute atomic E-state index is 12.5. The van der Waals surface area contributed by atoms with Gasteiger partial charge in [-0.25, -0.2) is 0 Å². The van der Waals surface area contributed by atoms with Crippen molar-refractivity contribution in [2.24, 2.45) is 0 Å². The maximum Gasteiger partial charge on any atom is 0.295 e. The van der Waals surface area contributed by atoms with Crippen molar-refractivity contribution in [1.82, 2.24) is 14.6 Å². The third kappa shape index (κ3) is 3.60. The number of ether oxygens (including phenoxy) is 2. The average Bonchev–Trinajstić information content (AvgIpc) is 2.90. The lowest BCUT2D eigenvalue weighted by atomic mass is 10.2. The number of fused-ring (bicyclic) bond motifs is 1. The quantitative estimate of drug-likeness (QED) is 0.652. The maximum atomic E-state index is 12.5. The number of aromatic nitrogens is 3. The standard InChI is InChI=1S/C18H19N3O4S/c1-4-8-25-13-7-6-12(9-14(13)24-5-2)10-15-17(23)21-18(26-15)19-16(22)11(3)20-21/h6-7,9-10H,4-5,8H2,1-3H3. The van der Waals surface area contributed by atoms with Crippen molar-refractivity contribution in [2.45, 2.75) is 27.2 Å². The minimum atomic E-state index is -0.422. The Kier molecular flexibility index (Phi) is 5.32. The van der Waals surface area contributed by atoms with E-state index < -0.39 is 5.56 Å². The van der Waals surface area contributed by atoms with Crippen molar-refractivity contribution < 1.29 is 9.47 Å². The van der Waals surface area contributed by atoms with Gasteiger partial charge in [-0.1, -0.05) is 24.3 Å². The van der Waals surface area contributed by atoms with Gasteiger partial charge in [0.05, 0.1) is 17.7 Å². The van der Waals surface area contributed by atoms with Crippen LogP contribution in [0.2, 0.25) is 0 Å². The molecule has 0 saturated heterocycles. The summed E-state index contributed by atoms with van der Waals surface area (Å²) in [5.41, 5.74) is 0.263. The molecule has 8 heteroatoms. The monoisotopic (exact) mass is 373 g/mol. The van der Waals surface area contributed by atoms with Crippen LogP contribution in [0.5, 0.6) is 11.5 Å². The molecule has 0 aliphatic rings. The van der Waals surface area contributed by atoms with Gasteiger partial charge in [-0.05, 0) is 44.0 Å². The van der Waals surface area contributed by atoms with E-state index in [1.54, 1.807) is 6.08 Å². The number of hydrogen-bond acceptors (Lipinski definition) is 7. The zero-order valence-electron chi connectivity index (χ0n) is 14.8. The number of nitrogens with zero attached hydrogens (tertiary/aromatic N) is 3. The summed E-state index contributed by atoms with van der Waals surface area (Å²) in [4.78, 5) is 28.3. The van der Waals surface area contributed by atoms with Gasteiger partial charge >= 0.3 is 0 Å². The fraction of sp³-hybridized carbons (Fsp3) is 0.333. The van der Waals surface area contributed by atoms with E-state index in [-0.39, 0.29) is 16.2 Å². The van der Waals surface area contributed by atoms with Crippen molar-refractivity contribution in [3.8, 4) is 11.5 Å². The van der Waals surface area contributed by atoms with Crippen molar-refractivity contribution >= 4 is 22.4 Å². The van der Waals surface area contributed by atoms with Gasteiger partial charge < -0.3 is 9.47 Å². The molecule has 0 saturated carbocycles. The van der Waals surface area contributed by atoms with E-state index in [0.29, 0.717) is 29.2 Å². The largest absolute Gasteiger partial charge is 0.490 e. The second-order valence-electron chi connectivity index (χ2n) is 5.60. The molecular weight excluding hydrogens is 354 g/mol. The summed E-state index contributed by atoms with van der Waals surface area (Å²) in [6, 6.07) is 5.51. The molecule has 0 spiro atoms. The van der Waals surface area contributed by atoms with Crippen LogP contribution in [0.15, 0.2) is 27.8 Å². The van der Waals surface area contributed by atoms with E-state index in [4.69, 9.17) is 9.47 Å². The summed E-state index contributed by atoms with van der Waals surface area (Å²) in [7, 11) is 0. The first kappa shape index (κ1) is 18.1. The molecule has 26 heavy (non-hydrogen) atoms. The van der Waals surface area contributed by atoms with Crippen molar-refractivity contribution in [3.05, 3.63) is 54.7 Å². The van der Waals surface area contributed by atoms with Crippen LogP contribution in [-0.2, 0) is 0 Å². The molecule has 0 N–H and O–H groups in total. The number of benzene rings is 1. The third-order valence-corrected chi connectivity index (χ3v) is 4.53. The van der Waals surface area contributed by atoms with Crippen molar-refractivity contribution in [3.63, 3.8) is 0 Å². The molecule has 3 rings (SSSR count). The highest BCUT2D eigenvalue weighted by atomic mass is 32.1. The SMILES string of the molecule is CCCOc1ccc(C=c2sc3nc(=O)c(C)nn3c2=O)cc1OCC. The van der Waals surface area contributed by atoms with Crippen LogP contribution in [0.1, 0.15) is 31.5 Å². The van der Waals surface area contributed by atoms with E-state index in [0.717, 1.165) is 27.8 Å². The molecule has 136 valence electrons. The second kappa shape index (κ2) is 7.65. The summed E-state index contributed by atoms with van der Waals surface area (Å²) >= 11 is 1.13. The molecule has 0 amide bonds. The van der Waals surface area contributed by atoms with Gasteiger partial charge in [-0.15, -0.1) is 0 Å². The Labute approximate surface area is 153 Å². The first-order valence-electron chi connectivity index (χ1n) is 8.35. The second-order valence-corrected chi connectivity index (χ2v) is 6.61. The summed E-state index contributed by atoms with van der Waals surface area (Å²) in [5.74, 6) is 1.30. The molecule has 2 heterocycles. The number of thiazole rings is 1. The zero-order chi connectivity index (χ0) is 18.7. The fourth-order valence-electron chi connectivity index (χ4n) is 2.35. The normalized spacial score (nSPS) is 11.9. The van der Waals surface area contributed by atoms with Crippen LogP contribution < -0.4 is 25.1 Å². The molecule has 3 aromatic rings. The molecule has 0 bridgehead atoms. The Morgan fingerprint density at radius 2 is 2.00 bits per heavy atom. The van der Waals surface area contributed by atoms with Gasteiger partial charge in [0.2, 0.25) is 4.96 Å². The Hall–Kier alpha value is -2.74. The molecule has 2 aromatic heterocycles. The van der Waals surface area contributed by atoms with Gasteiger partial charge in [-0.2, -0.15) is 14.6 Å². The molecule has 0 aliphatic carbocycles. The van der Waals surface area contributed by atoms with E-state index in [1.165, 1.54) is 6.92 Å². The van der Waals surface area contributed by atoms with Gasteiger partial charge in [0.25, 0.3) is 11.1 Å². The van der Waals surface area contributed by atoms with Gasteiger partial charge in [0.15, 0.2) is 11.5 Å². The Morgan fingerprint density at radius 3 is 2.73 bits per heavy atom. The summed E-state index contributed by atoms with van der Waals surface area (Å²) in [6.07, 6.45) is 2.63. The van der Waals surface area contributed by atoms with Crippen LogP contribution in [-0.4, -0.2) is 27.8 Å². The van der Waals surface area contributed by atoms with Crippen LogP contribution in [0.25, 0.3) is 11.0 Å². The molecule has 7 nitrogen and oxygen atoms in total. The van der Waals surface area contributed by atoms with E-state index in [1.807, 2.05) is 32.0 Å². The van der Waals surface area contributed by atoms with E-state index >= 15 is 0 Å². The molecule has 1 aromatic carbocycles. The predicted octanol–water partition coefficient (Wildman–Crippen LogP) is 1.55. The third-order valence-electron chi connectivity index (χ3n) is 3.57. The van der Waals surface area contributed by atoms with E-state index in [2.05, 4.69) is 10.1 Å². The van der Waals surface area contributed by atoms with Gasteiger partial charge in [0.1, 0.15) is 5.69 Å². The lowest BCUT2D eigenvalue weighted by molar-refractivity contribution is 0.277. The summed E-state index contributed by atoms with van der Waals surface area (Å²) in [6.45, 7) is 6.59. The molecular formula is C18H19N3O4S. The molecule has 0 aliphatic heterocycles. The van der Waals surface area contributed by atoms with Crippen LogP contribution in [0, 0.1) is 6.92 Å². The van der Waals surface area contributed by atoms with E-state index in [9.17, 15) is 9.59 Å². The van der Waals surface area contributed by atoms with Crippen LogP contribution in [0.3, 0.4) is 0 Å². The van der Waals surface area contributed by atoms with Crippen LogP contribution >= 0.6 is 11.3 Å². The van der Waals surface area contributed by atoms with Gasteiger partial charge in [0, 0.05) is 0 Å². The highest BCUT2D eigenvalue weighted by Gasteiger charge is 2.09.